The molecule has 1 amide bonds. The summed E-state index contributed by atoms with van der Waals surface area (Å²) in [6, 6.07) is 0.0773. The molecule has 0 radical (unpaired) electrons. The van der Waals surface area contributed by atoms with Crippen LogP contribution in [0, 0.1) is 5.92 Å². The van der Waals surface area contributed by atoms with Gasteiger partial charge in [-0.2, -0.15) is 0 Å². The van der Waals surface area contributed by atoms with Gasteiger partial charge in [0.25, 0.3) is 0 Å². The molecule has 1 saturated carbocycles. The van der Waals surface area contributed by atoms with Crippen LogP contribution in [0.2, 0.25) is 0 Å². The molecule has 4 nitrogen and oxygen atoms in total. The molecule has 0 bridgehead atoms. The highest BCUT2D eigenvalue weighted by Gasteiger charge is 2.29. The SMILES string of the molecule is CCN(CC)CCNC(=O)C1CCCC1N. The van der Waals surface area contributed by atoms with Gasteiger partial charge in [0.05, 0.1) is 5.92 Å². The zero-order chi connectivity index (χ0) is 12.0. The van der Waals surface area contributed by atoms with E-state index in [4.69, 9.17) is 5.73 Å². The van der Waals surface area contributed by atoms with Crippen LogP contribution in [-0.4, -0.2) is 43.0 Å². The number of rotatable bonds is 6. The summed E-state index contributed by atoms with van der Waals surface area (Å²) in [4.78, 5) is 14.1. The fourth-order valence-electron chi connectivity index (χ4n) is 2.32. The number of hydrogen-bond donors (Lipinski definition) is 2. The van der Waals surface area contributed by atoms with Crippen LogP contribution in [0.4, 0.5) is 0 Å². The van der Waals surface area contributed by atoms with Crippen LogP contribution in [-0.2, 0) is 4.79 Å². The number of carbonyl (C=O) groups is 1. The van der Waals surface area contributed by atoms with Crippen molar-refractivity contribution in [2.45, 2.75) is 39.2 Å². The van der Waals surface area contributed by atoms with Crippen LogP contribution in [0.25, 0.3) is 0 Å². The standard InChI is InChI=1S/C12H25N3O/c1-3-15(4-2)9-8-14-12(16)10-6-5-7-11(10)13/h10-11H,3-9,13H2,1-2H3,(H,14,16). The lowest BCUT2D eigenvalue weighted by Gasteiger charge is -2.20. The maximum Gasteiger partial charge on any atom is 0.224 e. The topological polar surface area (TPSA) is 58.4 Å². The van der Waals surface area contributed by atoms with Crippen molar-refractivity contribution in [3.63, 3.8) is 0 Å². The summed E-state index contributed by atoms with van der Waals surface area (Å²) in [5.74, 6) is 0.203. The molecule has 94 valence electrons. The van der Waals surface area contributed by atoms with Crippen LogP contribution < -0.4 is 11.1 Å². The first kappa shape index (κ1) is 13.5. The van der Waals surface area contributed by atoms with Crippen LogP contribution in [0.1, 0.15) is 33.1 Å². The summed E-state index contributed by atoms with van der Waals surface area (Å²) in [5, 5.41) is 2.99. The van der Waals surface area contributed by atoms with E-state index in [1.165, 1.54) is 0 Å². The first-order chi connectivity index (χ1) is 7.69. The molecule has 0 saturated heterocycles. The highest BCUT2D eigenvalue weighted by molar-refractivity contribution is 5.79. The minimum Gasteiger partial charge on any atom is -0.355 e. The second-order valence-corrected chi connectivity index (χ2v) is 4.52. The molecule has 1 rings (SSSR count). The molecule has 0 spiro atoms. The number of nitrogens with zero attached hydrogens (tertiary/aromatic N) is 1. The third-order valence-corrected chi connectivity index (χ3v) is 3.53. The Morgan fingerprint density at radius 3 is 2.56 bits per heavy atom. The maximum absolute atomic E-state index is 11.8. The van der Waals surface area contributed by atoms with Crippen molar-refractivity contribution in [3.05, 3.63) is 0 Å². The zero-order valence-electron chi connectivity index (χ0n) is 10.5. The molecule has 4 heteroatoms. The van der Waals surface area contributed by atoms with E-state index in [0.29, 0.717) is 0 Å². The molecule has 2 unspecified atom stereocenters. The summed E-state index contributed by atoms with van der Waals surface area (Å²) < 4.78 is 0. The predicted molar refractivity (Wildman–Crippen MR) is 66.1 cm³/mol. The van der Waals surface area contributed by atoms with Crippen molar-refractivity contribution in [1.29, 1.82) is 0 Å². The van der Waals surface area contributed by atoms with Gasteiger partial charge in [-0.15, -0.1) is 0 Å². The van der Waals surface area contributed by atoms with Crippen molar-refractivity contribution >= 4 is 5.91 Å². The number of likely N-dealkylation sites (N-methyl/N-ethyl adjacent to an activating group) is 1. The molecule has 1 aliphatic rings. The number of nitrogens with one attached hydrogen (secondary N) is 1. The van der Waals surface area contributed by atoms with E-state index in [1.54, 1.807) is 0 Å². The maximum atomic E-state index is 11.8. The normalized spacial score (nSPS) is 25.0. The smallest absolute Gasteiger partial charge is 0.224 e. The Kier molecular flexibility index (Phi) is 5.77. The number of carbonyl (C=O) groups excluding carboxylic acids is 1. The van der Waals surface area contributed by atoms with Gasteiger partial charge in [0.15, 0.2) is 0 Å². The molecule has 1 aliphatic carbocycles. The minimum absolute atomic E-state index is 0.0525. The Morgan fingerprint density at radius 2 is 2.06 bits per heavy atom. The third kappa shape index (κ3) is 3.76. The number of nitrogens with two attached hydrogens (primary N) is 1. The Morgan fingerprint density at radius 1 is 1.38 bits per heavy atom. The van der Waals surface area contributed by atoms with Gasteiger partial charge in [-0.05, 0) is 25.9 Å². The van der Waals surface area contributed by atoms with Crippen molar-refractivity contribution < 1.29 is 4.79 Å². The van der Waals surface area contributed by atoms with Crippen LogP contribution in [0.5, 0.6) is 0 Å². The van der Waals surface area contributed by atoms with E-state index in [0.717, 1.165) is 45.4 Å². The molecule has 0 aromatic carbocycles. The molecule has 16 heavy (non-hydrogen) atoms. The molecular formula is C12H25N3O. The lowest BCUT2D eigenvalue weighted by molar-refractivity contribution is -0.125. The molecule has 2 atom stereocenters. The molecule has 0 aromatic rings. The highest BCUT2D eigenvalue weighted by Crippen LogP contribution is 2.23. The fourth-order valence-corrected chi connectivity index (χ4v) is 2.32. The van der Waals surface area contributed by atoms with Gasteiger partial charge >= 0.3 is 0 Å². The lowest BCUT2D eigenvalue weighted by Crippen LogP contribution is -2.41. The van der Waals surface area contributed by atoms with Gasteiger partial charge in [0, 0.05) is 19.1 Å². The molecule has 0 heterocycles. The predicted octanol–water partition coefficient (Wildman–Crippen LogP) is 0.572. The lowest BCUT2D eigenvalue weighted by atomic mass is 10.0. The Balaban J connectivity index is 2.19. The molecule has 3 N–H and O–H groups in total. The largest absolute Gasteiger partial charge is 0.355 e. The molecular weight excluding hydrogens is 202 g/mol. The van der Waals surface area contributed by atoms with E-state index in [-0.39, 0.29) is 17.9 Å². The number of amides is 1. The van der Waals surface area contributed by atoms with E-state index in [9.17, 15) is 4.79 Å². The van der Waals surface area contributed by atoms with Crippen LogP contribution in [0.15, 0.2) is 0 Å². The van der Waals surface area contributed by atoms with Gasteiger partial charge in [-0.25, -0.2) is 0 Å². The van der Waals surface area contributed by atoms with E-state index >= 15 is 0 Å². The van der Waals surface area contributed by atoms with Gasteiger partial charge in [0.1, 0.15) is 0 Å². The van der Waals surface area contributed by atoms with Crippen LogP contribution >= 0.6 is 0 Å². The zero-order valence-corrected chi connectivity index (χ0v) is 10.5. The first-order valence-corrected chi connectivity index (χ1v) is 6.44. The average molecular weight is 227 g/mol. The van der Waals surface area contributed by atoms with E-state index < -0.39 is 0 Å². The monoisotopic (exact) mass is 227 g/mol. The molecule has 0 aromatic heterocycles. The van der Waals surface area contributed by atoms with Gasteiger partial charge in [-0.3, -0.25) is 4.79 Å². The summed E-state index contributed by atoms with van der Waals surface area (Å²) in [7, 11) is 0. The van der Waals surface area contributed by atoms with Gasteiger partial charge < -0.3 is 16.0 Å². The van der Waals surface area contributed by atoms with Crippen molar-refractivity contribution in [2.24, 2.45) is 11.7 Å². The van der Waals surface area contributed by atoms with Crippen molar-refractivity contribution in [1.82, 2.24) is 10.2 Å². The summed E-state index contributed by atoms with van der Waals surface area (Å²) >= 11 is 0. The van der Waals surface area contributed by atoms with Gasteiger partial charge in [0.2, 0.25) is 5.91 Å². The Hall–Kier alpha value is -0.610. The van der Waals surface area contributed by atoms with Gasteiger partial charge in [-0.1, -0.05) is 20.3 Å². The summed E-state index contributed by atoms with van der Waals surface area (Å²) in [5.41, 5.74) is 5.89. The summed E-state index contributed by atoms with van der Waals surface area (Å²) in [6.07, 6.45) is 3.04. The Bertz CT molecular complexity index is 216. The summed E-state index contributed by atoms with van der Waals surface area (Å²) in [6.45, 7) is 8.02. The van der Waals surface area contributed by atoms with E-state index in [2.05, 4.69) is 24.1 Å². The highest BCUT2D eigenvalue weighted by atomic mass is 16.1. The number of hydrogen-bond acceptors (Lipinski definition) is 3. The van der Waals surface area contributed by atoms with E-state index in [1.807, 2.05) is 0 Å². The van der Waals surface area contributed by atoms with Crippen molar-refractivity contribution in [3.8, 4) is 0 Å². The quantitative estimate of drug-likeness (QED) is 0.697. The van der Waals surface area contributed by atoms with Crippen molar-refractivity contribution in [2.75, 3.05) is 26.2 Å². The first-order valence-electron chi connectivity index (χ1n) is 6.44. The second-order valence-electron chi connectivity index (χ2n) is 4.52. The molecule has 0 aliphatic heterocycles. The molecule has 1 fully saturated rings. The average Bonchev–Trinajstić information content (AvgIpc) is 2.70. The third-order valence-electron chi connectivity index (χ3n) is 3.53. The minimum atomic E-state index is 0.0525. The second kappa shape index (κ2) is 6.86. The Labute approximate surface area is 98.6 Å². The van der Waals surface area contributed by atoms with Crippen LogP contribution in [0.3, 0.4) is 0 Å². The fraction of sp³-hybridized carbons (Fsp3) is 0.917.